The van der Waals surface area contributed by atoms with Crippen molar-refractivity contribution >= 4 is 5.96 Å². The van der Waals surface area contributed by atoms with Crippen LogP contribution in [-0.2, 0) is 0 Å². The van der Waals surface area contributed by atoms with Gasteiger partial charge in [-0.3, -0.25) is 14.8 Å². The molecule has 0 aromatic carbocycles. The number of rotatable bonds is 7. The van der Waals surface area contributed by atoms with E-state index in [-0.39, 0.29) is 0 Å². The minimum Gasteiger partial charge on any atom is -0.357 e. The average Bonchev–Trinajstić information content (AvgIpc) is 3.41. The van der Waals surface area contributed by atoms with Crippen LogP contribution in [0, 0.1) is 0 Å². The van der Waals surface area contributed by atoms with Crippen molar-refractivity contribution in [1.29, 1.82) is 0 Å². The Hall–Kier alpha value is -1.02. The summed E-state index contributed by atoms with van der Waals surface area (Å²) in [4.78, 5) is 10.8. The first kappa shape index (κ1) is 21.3. The highest BCUT2D eigenvalue weighted by atomic mass is 19.4. The summed E-state index contributed by atoms with van der Waals surface area (Å²) >= 11 is 0. The zero-order valence-electron chi connectivity index (χ0n) is 16.5. The molecule has 1 heterocycles. The number of aliphatic imine (C=N–C) groups is 1. The van der Waals surface area contributed by atoms with Gasteiger partial charge < -0.3 is 10.2 Å². The van der Waals surface area contributed by atoms with E-state index in [1.807, 2.05) is 6.92 Å². The molecule has 0 radical (unpaired) electrons. The van der Waals surface area contributed by atoms with Crippen LogP contribution >= 0.6 is 0 Å². The van der Waals surface area contributed by atoms with Crippen molar-refractivity contribution in [3.63, 3.8) is 0 Å². The maximum Gasteiger partial charge on any atom is 0.403 e. The van der Waals surface area contributed by atoms with E-state index >= 15 is 0 Å². The van der Waals surface area contributed by atoms with Gasteiger partial charge in [0.05, 0.1) is 6.54 Å². The Labute approximate surface area is 155 Å². The standard InChI is InChI=1S/C18H34F3N5/c1-5-22-17(23-8-9-26(14(2)3)16-6-7-16)25-12-10-24(11-13-25)15(4)18(19,20)21/h14-16H,5-13H2,1-4H3,(H,22,23). The van der Waals surface area contributed by atoms with Gasteiger partial charge in [-0.15, -0.1) is 0 Å². The van der Waals surface area contributed by atoms with Crippen molar-refractivity contribution in [2.24, 2.45) is 4.99 Å². The normalized spacial score (nSPS) is 21.6. The maximum atomic E-state index is 12.9. The van der Waals surface area contributed by atoms with Crippen molar-refractivity contribution in [3.8, 4) is 0 Å². The quantitative estimate of drug-likeness (QED) is 0.546. The highest BCUT2D eigenvalue weighted by Crippen LogP contribution is 2.28. The fraction of sp³-hybridized carbons (Fsp3) is 0.944. The molecule has 1 saturated carbocycles. The Balaban J connectivity index is 1.87. The molecule has 0 aromatic rings. The molecule has 5 nitrogen and oxygen atoms in total. The van der Waals surface area contributed by atoms with Gasteiger partial charge in [0.15, 0.2) is 5.96 Å². The third-order valence-corrected chi connectivity index (χ3v) is 5.27. The van der Waals surface area contributed by atoms with Crippen LogP contribution in [0.5, 0.6) is 0 Å². The molecule has 0 bridgehead atoms. The third kappa shape index (κ3) is 6.01. The van der Waals surface area contributed by atoms with Crippen molar-refractivity contribution < 1.29 is 13.2 Å². The summed E-state index contributed by atoms with van der Waals surface area (Å²) in [7, 11) is 0. The van der Waals surface area contributed by atoms with Gasteiger partial charge in [-0.25, -0.2) is 0 Å². The zero-order chi connectivity index (χ0) is 19.3. The highest BCUT2D eigenvalue weighted by molar-refractivity contribution is 5.80. The van der Waals surface area contributed by atoms with Crippen LogP contribution in [-0.4, -0.2) is 90.8 Å². The van der Waals surface area contributed by atoms with E-state index < -0.39 is 12.2 Å². The molecule has 0 amide bonds. The number of alkyl halides is 3. The number of piperazine rings is 1. The lowest BCUT2D eigenvalue weighted by molar-refractivity contribution is -0.181. The van der Waals surface area contributed by atoms with Crippen molar-refractivity contribution in [2.75, 3.05) is 45.8 Å². The van der Waals surface area contributed by atoms with E-state index in [1.165, 1.54) is 24.7 Å². The molecule has 8 heteroatoms. The topological polar surface area (TPSA) is 34.1 Å². The van der Waals surface area contributed by atoms with Crippen LogP contribution in [0.25, 0.3) is 0 Å². The second kappa shape index (κ2) is 9.26. The fourth-order valence-corrected chi connectivity index (χ4v) is 3.49. The second-order valence-electron chi connectivity index (χ2n) is 7.54. The van der Waals surface area contributed by atoms with Gasteiger partial charge >= 0.3 is 6.18 Å². The molecule has 1 saturated heterocycles. The summed E-state index contributed by atoms with van der Waals surface area (Å²) in [6, 6.07) is -0.157. The van der Waals surface area contributed by atoms with E-state index in [4.69, 9.17) is 4.99 Å². The van der Waals surface area contributed by atoms with Gasteiger partial charge in [-0.1, -0.05) is 0 Å². The lowest BCUT2D eigenvalue weighted by atomic mass is 10.2. The summed E-state index contributed by atoms with van der Waals surface area (Å²) in [6.45, 7) is 12.1. The van der Waals surface area contributed by atoms with E-state index in [1.54, 1.807) is 0 Å². The number of hydrogen-bond donors (Lipinski definition) is 1. The largest absolute Gasteiger partial charge is 0.403 e. The van der Waals surface area contributed by atoms with Crippen LogP contribution in [0.1, 0.15) is 40.5 Å². The lowest BCUT2D eigenvalue weighted by Gasteiger charge is -2.39. The molecule has 1 aliphatic heterocycles. The van der Waals surface area contributed by atoms with E-state index in [2.05, 4.69) is 29.0 Å². The van der Waals surface area contributed by atoms with Crippen molar-refractivity contribution in [2.45, 2.75) is 64.8 Å². The number of guanidine groups is 1. The van der Waals surface area contributed by atoms with Crippen molar-refractivity contribution in [3.05, 3.63) is 0 Å². The molecule has 152 valence electrons. The van der Waals surface area contributed by atoms with Gasteiger partial charge in [0.1, 0.15) is 6.04 Å². The molecule has 1 unspecified atom stereocenters. The van der Waals surface area contributed by atoms with Crippen LogP contribution in [0.15, 0.2) is 4.99 Å². The molecule has 1 N–H and O–H groups in total. The van der Waals surface area contributed by atoms with E-state index in [9.17, 15) is 13.2 Å². The Bertz CT molecular complexity index is 452. The lowest BCUT2D eigenvalue weighted by Crippen LogP contribution is -2.56. The molecule has 1 atom stereocenters. The average molecular weight is 377 g/mol. The minimum absolute atomic E-state index is 0.408. The van der Waals surface area contributed by atoms with Gasteiger partial charge in [-0.2, -0.15) is 13.2 Å². The summed E-state index contributed by atoms with van der Waals surface area (Å²) < 4.78 is 38.7. The van der Waals surface area contributed by atoms with Gasteiger partial charge in [-0.05, 0) is 40.5 Å². The van der Waals surface area contributed by atoms with E-state index in [0.29, 0.717) is 38.3 Å². The van der Waals surface area contributed by atoms with Crippen LogP contribution in [0.4, 0.5) is 13.2 Å². The summed E-state index contributed by atoms with van der Waals surface area (Å²) in [5, 5.41) is 3.29. The van der Waals surface area contributed by atoms with E-state index in [0.717, 1.165) is 25.6 Å². The minimum atomic E-state index is -4.16. The van der Waals surface area contributed by atoms with Crippen LogP contribution in [0.2, 0.25) is 0 Å². The Morgan fingerprint density at radius 2 is 1.77 bits per heavy atom. The number of nitrogens with zero attached hydrogens (tertiary/aromatic N) is 4. The predicted octanol–water partition coefficient (Wildman–Crippen LogP) is 2.39. The Kier molecular flexibility index (Phi) is 7.58. The van der Waals surface area contributed by atoms with Crippen LogP contribution in [0.3, 0.4) is 0 Å². The summed E-state index contributed by atoms with van der Waals surface area (Å²) in [5.74, 6) is 0.825. The molecule has 1 aliphatic carbocycles. The molecular weight excluding hydrogens is 343 g/mol. The van der Waals surface area contributed by atoms with Crippen molar-refractivity contribution in [1.82, 2.24) is 20.0 Å². The summed E-state index contributed by atoms with van der Waals surface area (Å²) in [5.41, 5.74) is 0. The maximum absolute atomic E-state index is 12.9. The highest BCUT2D eigenvalue weighted by Gasteiger charge is 2.41. The molecule has 2 rings (SSSR count). The Morgan fingerprint density at radius 3 is 2.23 bits per heavy atom. The van der Waals surface area contributed by atoms with Crippen LogP contribution < -0.4 is 5.32 Å². The Morgan fingerprint density at radius 1 is 1.15 bits per heavy atom. The fourth-order valence-electron chi connectivity index (χ4n) is 3.49. The molecule has 0 spiro atoms. The zero-order valence-corrected chi connectivity index (χ0v) is 16.5. The monoisotopic (exact) mass is 377 g/mol. The molecule has 2 fully saturated rings. The SMILES string of the molecule is CCNC(=NCCN(C(C)C)C1CC1)N1CCN(C(C)C(F)(F)F)CC1. The van der Waals surface area contributed by atoms with Gasteiger partial charge in [0.25, 0.3) is 0 Å². The van der Waals surface area contributed by atoms with Gasteiger partial charge in [0, 0.05) is 51.4 Å². The predicted molar refractivity (Wildman–Crippen MR) is 99.5 cm³/mol. The first-order valence-corrected chi connectivity index (χ1v) is 9.83. The third-order valence-electron chi connectivity index (χ3n) is 5.27. The number of hydrogen-bond acceptors (Lipinski definition) is 3. The molecule has 2 aliphatic rings. The molecule has 26 heavy (non-hydrogen) atoms. The molecule has 0 aromatic heterocycles. The summed E-state index contributed by atoms with van der Waals surface area (Å²) in [6.07, 6.45) is -1.60. The second-order valence-corrected chi connectivity index (χ2v) is 7.54. The first-order valence-electron chi connectivity index (χ1n) is 9.83. The number of nitrogens with one attached hydrogen (secondary N) is 1. The number of halogens is 3. The molecular formula is C18H34F3N5. The van der Waals surface area contributed by atoms with Gasteiger partial charge in [0.2, 0.25) is 0 Å². The smallest absolute Gasteiger partial charge is 0.357 e. The first-order chi connectivity index (χ1) is 12.2.